The van der Waals surface area contributed by atoms with Crippen molar-refractivity contribution in [3.8, 4) is 16.5 Å². The van der Waals surface area contributed by atoms with Crippen LogP contribution in [0.15, 0.2) is 41.9 Å². The van der Waals surface area contributed by atoms with E-state index in [4.69, 9.17) is 10.5 Å². The van der Waals surface area contributed by atoms with Gasteiger partial charge in [-0.1, -0.05) is 6.07 Å². The Morgan fingerprint density at radius 2 is 2.17 bits per heavy atom. The van der Waals surface area contributed by atoms with Gasteiger partial charge in [0.2, 0.25) is 5.88 Å². The molecule has 4 rings (SSSR count). The molecule has 9 nitrogen and oxygen atoms in total. The number of rotatable bonds is 6. The SMILES string of the molecule is Nc1cc(-c2nc(NC(=O)Nc3cccc(OCC4CCCN4)n3)cs2)ccn1. The highest BCUT2D eigenvalue weighted by Crippen LogP contribution is 2.26. The third-order valence-corrected chi connectivity index (χ3v) is 5.23. The summed E-state index contributed by atoms with van der Waals surface area (Å²) in [4.78, 5) is 25.0. The van der Waals surface area contributed by atoms with Gasteiger partial charge in [-0.05, 0) is 37.6 Å². The summed E-state index contributed by atoms with van der Waals surface area (Å²) in [5.41, 5.74) is 6.55. The number of urea groups is 1. The molecule has 3 aromatic rings. The summed E-state index contributed by atoms with van der Waals surface area (Å²) in [6.45, 7) is 1.58. The van der Waals surface area contributed by atoms with Gasteiger partial charge in [0.15, 0.2) is 0 Å². The van der Waals surface area contributed by atoms with Crippen molar-refractivity contribution in [2.45, 2.75) is 18.9 Å². The highest BCUT2D eigenvalue weighted by atomic mass is 32.1. The van der Waals surface area contributed by atoms with Crippen molar-refractivity contribution < 1.29 is 9.53 Å². The number of hydrogen-bond acceptors (Lipinski definition) is 8. The van der Waals surface area contributed by atoms with Crippen molar-refractivity contribution in [1.82, 2.24) is 20.3 Å². The number of carbonyl (C=O) groups excluding carboxylic acids is 1. The fraction of sp³-hybridized carbons (Fsp3) is 0.263. The van der Waals surface area contributed by atoms with Crippen LogP contribution in [-0.4, -0.2) is 40.2 Å². The van der Waals surface area contributed by atoms with E-state index >= 15 is 0 Å². The zero-order valence-electron chi connectivity index (χ0n) is 15.6. The Labute approximate surface area is 171 Å². The Hall–Kier alpha value is -3.24. The molecular weight excluding hydrogens is 390 g/mol. The largest absolute Gasteiger partial charge is 0.476 e. The predicted molar refractivity (Wildman–Crippen MR) is 113 cm³/mol. The Morgan fingerprint density at radius 3 is 3.00 bits per heavy atom. The monoisotopic (exact) mass is 411 g/mol. The van der Waals surface area contributed by atoms with Gasteiger partial charge >= 0.3 is 6.03 Å². The molecule has 0 aromatic carbocycles. The van der Waals surface area contributed by atoms with Crippen LogP contribution in [0.4, 0.5) is 22.2 Å². The molecule has 10 heteroatoms. The average Bonchev–Trinajstić information content (AvgIpc) is 3.39. The Kier molecular flexibility index (Phi) is 5.82. The van der Waals surface area contributed by atoms with E-state index in [1.54, 1.807) is 35.8 Å². The van der Waals surface area contributed by atoms with E-state index in [0.717, 1.165) is 30.0 Å². The normalized spacial score (nSPS) is 15.8. The molecule has 0 saturated carbocycles. The van der Waals surface area contributed by atoms with Crippen LogP contribution in [0.3, 0.4) is 0 Å². The van der Waals surface area contributed by atoms with Crippen LogP contribution < -0.4 is 26.4 Å². The number of ether oxygens (including phenoxy) is 1. The second-order valence-electron chi connectivity index (χ2n) is 6.55. The lowest BCUT2D eigenvalue weighted by molar-refractivity contribution is 0.261. The smallest absolute Gasteiger partial charge is 0.326 e. The molecule has 29 heavy (non-hydrogen) atoms. The van der Waals surface area contributed by atoms with Crippen molar-refractivity contribution in [3.63, 3.8) is 0 Å². The molecule has 3 aromatic heterocycles. The lowest BCUT2D eigenvalue weighted by Crippen LogP contribution is -2.28. The van der Waals surface area contributed by atoms with Crippen molar-refractivity contribution >= 4 is 34.8 Å². The van der Waals surface area contributed by atoms with Crippen LogP contribution in [0.5, 0.6) is 5.88 Å². The number of amides is 2. The van der Waals surface area contributed by atoms with Crippen LogP contribution >= 0.6 is 11.3 Å². The van der Waals surface area contributed by atoms with E-state index in [9.17, 15) is 4.79 Å². The van der Waals surface area contributed by atoms with Gasteiger partial charge in [-0.15, -0.1) is 11.3 Å². The molecule has 0 radical (unpaired) electrons. The third kappa shape index (κ3) is 5.18. The molecule has 0 aliphatic carbocycles. The van der Waals surface area contributed by atoms with Crippen LogP contribution in [0, 0.1) is 0 Å². The first-order chi connectivity index (χ1) is 14.2. The summed E-state index contributed by atoms with van der Waals surface area (Å²) >= 11 is 1.40. The number of nitrogens with zero attached hydrogens (tertiary/aromatic N) is 3. The first-order valence-corrected chi connectivity index (χ1v) is 10.1. The van der Waals surface area contributed by atoms with Gasteiger partial charge in [0.25, 0.3) is 0 Å². The van der Waals surface area contributed by atoms with Crippen LogP contribution in [0.2, 0.25) is 0 Å². The maximum absolute atomic E-state index is 12.3. The van der Waals surface area contributed by atoms with E-state index in [-0.39, 0.29) is 0 Å². The summed E-state index contributed by atoms with van der Waals surface area (Å²) in [5.74, 6) is 1.74. The molecule has 1 aliphatic heterocycles. The minimum absolute atomic E-state index is 0.353. The highest BCUT2D eigenvalue weighted by Gasteiger charge is 2.15. The molecule has 1 fully saturated rings. The molecule has 1 atom stereocenters. The van der Waals surface area contributed by atoms with Crippen molar-refractivity contribution in [3.05, 3.63) is 41.9 Å². The Morgan fingerprint density at radius 1 is 1.28 bits per heavy atom. The second kappa shape index (κ2) is 8.84. The van der Waals surface area contributed by atoms with Crippen LogP contribution in [0.1, 0.15) is 12.8 Å². The summed E-state index contributed by atoms with van der Waals surface area (Å²) in [7, 11) is 0. The second-order valence-corrected chi connectivity index (χ2v) is 7.41. The summed E-state index contributed by atoms with van der Waals surface area (Å²) in [5, 5.41) is 11.3. The summed E-state index contributed by atoms with van der Waals surface area (Å²) < 4.78 is 5.72. The summed E-state index contributed by atoms with van der Waals surface area (Å²) in [6, 6.07) is 8.73. The van der Waals surface area contributed by atoms with Crippen molar-refractivity contribution in [2.75, 3.05) is 29.5 Å². The maximum atomic E-state index is 12.3. The van der Waals surface area contributed by atoms with E-state index in [1.165, 1.54) is 11.3 Å². The average molecular weight is 411 g/mol. The first-order valence-electron chi connectivity index (χ1n) is 9.24. The van der Waals surface area contributed by atoms with Crippen LogP contribution in [-0.2, 0) is 0 Å². The fourth-order valence-electron chi connectivity index (χ4n) is 2.96. The molecule has 0 bridgehead atoms. The number of pyridine rings is 2. The molecule has 5 N–H and O–H groups in total. The molecule has 150 valence electrons. The first kappa shape index (κ1) is 19.1. The minimum Gasteiger partial charge on any atom is -0.476 e. The minimum atomic E-state index is -0.432. The molecular formula is C19H21N7O2S. The number of nitrogen functional groups attached to an aromatic ring is 1. The van der Waals surface area contributed by atoms with E-state index in [0.29, 0.717) is 36.0 Å². The molecule has 2 amide bonds. The topological polar surface area (TPSA) is 127 Å². The Balaban J connectivity index is 1.33. The van der Waals surface area contributed by atoms with Crippen molar-refractivity contribution in [1.29, 1.82) is 0 Å². The van der Waals surface area contributed by atoms with Gasteiger partial charge in [-0.3, -0.25) is 10.6 Å². The molecule has 4 heterocycles. The van der Waals surface area contributed by atoms with Gasteiger partial charge in [0.1, 0.15) is 29.1 Å². The lowest BCUT2D eigenvalue weighted by atomic mass is 10.2. The Bertz CT molecular complexity index is 988. The zero-order valence-corrected chi connectivity index (χ0v) is 16.4. The number of hydrogen-bond donors (Lipinski definition) is 4. The van der Waals surface area contributed by atoms with Gasteiger partial charge in [-0.25, -0.2) is 14.8 Å². The van der Waals surface area contributed by atoms with E-state index in [2.05, 4.69) is 30.9 Å². The molecule has 0 spiro atoms. The number of nitrogens with two attached hydrogens (primary N) is 1. The number of aromatic nitrogens is 3. The van der Waals surface area contributed by atoms with Gasteiger partial charge < -0.3 is 15.8 Å². The number of carbonyl (C=O) groups is 1. The van der Waals surface area contributed by atoms with Crippen molar-refractivity contribution in [2.24, 2.45) is 0 Å². The molecule has 1 unspecified atom stereocenters. The molecule has 1 saturated heterocycles. The highest BCUT2D eigenvalue weighted by molar-refractivity contribution is 7.13. The zero-order chi connectivity index (χ0) is 20.1. The lowest BCUT2D eigenvalue weighted by Gasteiger charge is -2.12. The quantitative estimate of drug-likeness (QED) is 0.491. The van der Waals surface area contributed by atoms with Gasteiger partial charge in [0.05, 0.1) is 0 Å². The third-order valence-electron chi connectivity index (χ3n) is 4.33. The van der Waals surface area contributed by atoms with E-state index in [1.807, 2.05) is 6.07 Å². The predicted octanol–water partition coefficient (Wildman–Crippen LogP) is 2.96. The number of nitrogens with one attached hydrogen (secondary N) is 3. The summed E-state index contributed by atoms with van der Waals surface area (Å²) in [6.07, 6.45) is 3.88. The molecule has 1 aliphatic rings. The van der Waals surface area contributed by atoms with Gasteiger partial charge in [-0.2, -0.15) is 4.98 Å². The van der Waals surface area contributed by atoms with Gasteiger partial charge in [0, 0.05) is 29.2 Å². The maximum Gasteiger partial charge on any atom is 0.326 e. The standard InChI is InChI=1S/C19H21N7O2S/c20-14-9-12(6-8-22-14)18-24-16(11-29-18)26-19(27)25-15-4-1-5-17(23-15)28-10-13-3-2-7-21-13/h1,4-6,8-9,11,13,21H,2-3,7,10H2,(H2,20,22)(H2,23,25,26,27). The van der Waals surface area contributed by atoms with E-state index < -0.39 is 6.03 Å². The van der Waals surface area contributed by atoms with Crippen LogP contribution in [0.25, 0.3) is 10.6 Å². The number of thiazole rings is 1. The fourth-order valence-corrected chi connectivity index (χ4v) is 3.71. The number of anilines is 3.